The van der Waals surface area contributed by atoms with E-state index in [4.69, 9.17) is 4.74 Å². The van der Waals surface area contributed by atoms with Crippen molar-refractivity contribution in [1.82, 2.24) is 5.32 Å². The summed E-state index contributed by atoms with van der Waals surface area (Å²) < 4.78 is 19.0. The monoisotopic (exact) mass is 223 g/mol. The molecule has 0 bridgehead atoms. The molecule has 0 spiro atoms. The van der Waals surface area contributed by atoms with Crippen molar-refractivity contribution < 1.29 is 9.13 Å². The summed E-state index contributed by atoms with van der Waals surface area (Å²) in [5.41, 5.74) is 0.790. The molecule has 0 radical (unpaired) electrons. The fraction of sp³-hybridized carbons (Fsp3) is 0.538. The van der Waals surface area contributed by atoms with Gasteiger partial charge in [-0.05, 0) is 31.5 Å². The van der Waals surface area contributed by atoms with Crippen LogP contribution in [0.1, 0.15) is 12.0 Å². The smallest absolute Gasteiger partial charge is 0.126 e. The molecule has 0 aliphatic carbocycles. The predicted molar refractivity (Wildman–Crippen MR) is 61.9 cm³/mol. The van der Waals surface area contributed by atoms with Gasteiger partial charge in [-0.2, -0.15) is 0 Å². The Morgan fingerprint density at radius 2 is 2.25 bits per heavy atom. The fourth-order valence-electron chi connectivity index (χ4n) is 2.32. The molecule has 1 fully saturated rings. The summed E-state index contributed by atoms with van der Waals surface area (Å²) in [6.07, 6.45) is 1.76. The van der Waals surface area contributed by atoms with Crippen LogP contribution in [-0.2, 0) is 11.2 Å². The van der Waals surface area contributed by atoms with Gasteiger partial charge in [0.15, 0.2) is 0 Å². The molecule has 1 saturated heterocycles. The first kappa shape index (κ1) is 11.6. The maximum Gasteiger partial charge on any atom is 0.126 e. The van der Waals surface area contributed by atoms with Crippen molar-refractivity contribution in [3.05, 3.63) is 35.6 Å². The van der Waals surface area contributed by atoms with Gasteiger partial charge < -0.3 is 10.1 Å². The Labute approximate surface area is 95.8 Å². The van der Waals surface area contributed by atoms with Crippen LogP contribution in [-0.4, -0.2) is 26.3 Å². The average Bonchev–Trinajstić information content (AvgIpc) is 2.33. The second-order valence-electron chi connectivity index (χ2n) is 4.31. The molecule has 1 aliphatic rings. The lowest BCUT2D eigenvalue weighted by atomic mass is 9.89. The molecule has 2 nitrogen and oxygen atoms in total. The number of halogens is 1. The van der Waals surface area contributed by atoms with Gasteiger partial charge in [-0.15, -0.1) is 0 Å². The third-order valence-electron chi connectivity index (χ3n) is 3.28. The molecule has 1 aromatic carbocycles. The van der Waals surface area contributed by atoms with Crippen LogP contribution < -0.4 is 5.32 Å². The first-order valence-corrected chi connectivity index (χ1v) is 5.79. The average molecular weight is 223 g/mol. The number of ether oxygens (including phenoxy) is 1. The largest absolute Gasteiger partial charge is 0.381 e. The maximum atomic E-state index is 13.5. The molecule has 2 rings (SSSR count). The van der Waals surface area contributed by atoms with E-state index in [1.54, 1.807) is 6.07 Å². The fourth-order valence-corrected chi connectivity index (χ4v) is 2.32. The first-order chi connectivity index (χ1) is 7.81. The quantitative estimate of drug-likeness (QED) is 0.846. The summed E-state index contributed by atoms with van der Waals surface area (Å²) in [5, 5.41) is 3.29. The SMILES string of the molecule is CN[C@H]1CCOC[C@H]1Cc1ccccc1F. The molecule has 0 saturated carbocycles. The lowest BCUT2D eigenvalue weighted by Crippen LogP contribution is -2.42. The van der Waals surface area contributed by atoms with E-state index in [2.05, 4.69) is 5.32 Å². The van der Waals surface area contributed by atoms with Gasteiger partial charge in [-0.1, -0.05) is 18.2 Å². The number of hydrogen-bond acceptors (Lipinski definition) is 2. The Bertz CT molecular complexity index is 342. The zero-order chi connectivity index (χ0) is 11.4. The van der Waals surface area contributed by atoms with Gasteiger partial charge in [0.25, 0.3) is 0 Å². The molecule has 1 aliphatic heterocycles. The van der Waals surface area contributed by atoms with Crippen LogP contribution in [0.25, 0.3) is 0 Å². The van der Waals surface area contributed by atoms with E-state index in [1.807, 2.05) is 19.2 Å². The van der Waals surface area contributed by atoms with Crippen molar-refractivity contribution in [1.29, 1.82) is 0 Å². The zero-order valence-corrected chi connectivity index (χ0v) is 9.58. The van der Waals surface area contributed by atoms with Crippen molar-refractivity contribution in [3.8, 4) is 0 Å². The van der Waals surface area contributed by atoms with Crippen molar-refractivity contribution in [2.24, 2.45) is 5.92 Å². The molecule has 1 heterocycles. The van der Waals surface area contributed by atoms with Gasteiger partial charge in [-0.3, -0.25) is 0 Å². The maximum absolute atomic E-state index is 13.5. The molecule has 0 aromatic heterocycles. The molecule has 1 N–H and O–H groups in total. The van der Waals surface area contributed by atoms with E-state index >= 15 is 0 Å². The third kappa shape index (κ3) is 2.60. The van der Waals surface area contributed by atoms with Crippen LogP contribution in [0.2, 0.25) is 0 Å². The molecular formula is C13H18FNO. The highest BCUT2D eigenvalue weighted by Crippen LogP contribution is 2.20. The molecule has 0 unspecified atom stereocenters. The number of nitrogens with one attached hydrogen (secondary N) is 1. The van der Waals surface area contributed by atoms with Gasteiger partial charge in [-0.25, -0.2) is 4.39 Å². The Morgan fingerprint density at radius 1 is 1.44 bits per heavy atom. The van der Waals surface area contributed by atoms with E-state index in [9.17, 15) is 4.39 Å². The lowest BCUT2D eigenvalue weighted by molar-refractivity contribution is 0.0339. The van der Waals surface area contributed by atoms with Crippen molar-refractivity contribution in [2.45, 2.75) is 18.9 Å². The summed E-state index contributed by atoms with van der Waals surface area (Å²) in [4.78, 5) is 0. The highest BCUT2D eigenvalue weighted by molar-refractivity contribution is 5.18. The van der Waals surface area contributed by atoms with Crippen molar-refractivity contribution in [2.75, 3.05) is 20.3 Å². The third-order valence-corrected chi connectivity index (χ3v) is 3.28. The standard InChI is InChI=1S/C13H18FNO/c1-15-13-6-7-16-9-11(13)8-10-4-2-3-5-12(10)14/h2-5,11,13,15H,6-9H2,1H3/t11-,13+/m1/s1. The van der Waals surface area contributed by atoms with Crippen LogP contribution in [0, 0.1) is 11.7 Å². The zero-order valence-electron chi connectivity index (χ0n) is 9.58. The van der Waals surface area contributed by atoms with E-state index in [-0.39, 0.29) is 5.82 Å². The first-order valence-electron chi connectivity index (χ1n) is 5.79. The summed E-state index contributed by atoms with van der Waals surface area (Å²) in [5.74, 6) is 0.263. The van der Waals surface area contributed by atoms with Gasteiger partial charge in [0.05, 0.1) is 6.61 Å². The minimum Gasteiger partial charge on any atom is -0.381 e. The van der Waals surface area contributed by atoms with Gasteiger partial charge in [0, 0.05) is 18.6 Å². The molecule has 16 heavy (non-hydrogen) atoms. The van der Waals surface area contributed by atoms with Gasteiger partial charge >= 0.3 is 0 Å². The Hall–Kier alpha value is -0.930. The minimum atomic E-state index is -0.108. The Kier molecular flexibility index (Phi) is 3.91. The summed E-state index contributed by atoms with van der Waals surface area (Å²) in [6, 6.07) is 7.43. The Balaban J connectivity index is 2.05. The van der Waals surface area contributed by atoms with Crippen molar-refractivity contribution in [3.63, 3.8) is 0 Å². The number of hydrogen-bond donors (Lipinski definition) is 1. The van der Waals surface area contributed by atoms with Crippen LogP contribution >= 0.6 is 0 Å². The van der Waals surface area contributed by atoms with Crippen LogP contribution in [0.3, 0.4) is 0 Å². The molecular weight excluding hydrogens is 205 g/mol. The second kappa shape index (κ2) is 5.41. The summed E-state index contributed by atoms with van der Waals surface area (Å²) >= 11 is 0. The topological polar surface area (TPSA) is 21.3 Å². The van der Waals surface area contributed by atoms with Gasteiger partial charge in [0.1, 0.15) is 5.82 Å². The molecule has 88 valence electrons. The van der Waals surface area contributed by atoms with E-state index in [0.29, 0.717) is 12.0 Å². The van der Waals surface area contributed by atoms with Gasteiger partial charge in [0.2, 0.25) is 0 Å². The molecule has 2 atom stereocenters. The Morgan fingerprint density at radius 3 is 3.00 bits per heavy atom. The van der Waals surface area contributed by atoms with Crippen LogP contribution in [0.4, 0.5) is 4.39 Å². The van der Waals surface area contributed by atoms with Crippen LogP contribution in [0.15, 0.2) is 24.3 Å². The van der Waals surface area contributed by atoms with E-state index in [0.717, 1.165) is 31.6 Å². The minimum absolute atomic E-state index is 0.108. The number of rotatable bonds is 3. The molecule has 3 heteroatoms. The molecule has 0 amide bonds. The summed E-state index contributed by atoms with van der Waals surface area (Å²) in [7, 11) is 1.96. The second-order valence-corrected chi connectivity index (χ2v) is 4.31. The number of benzene rings is 1. The lowest BCUT2D eigenvalue weighted by Gasteiger charge is -2.31. The molecule has 1 aromatic rings. The summed E-state index contributed by atoms with van der Waals surface area (Å²) in [6.45, 7) is 1.53. The predicted octanol–water partition coefficient (Wildman–Crippen LogP) is 1.99. The normalized spacial score (nSPS) is 25.6. The van der Waals surface area contributed by atoms with E-state index < -0.39 is 0 Å². The van der Waals surface area contributed by atoms with Crippen LogP contribution in [0.5, 0.6) is 0 Å². The highest BCUT2D eigenvalue weighted by Gasteiger charge is 2.25. The van der Waals surface area contributed by atoms with E-state index in [1.165, 1.54) is 6.07 Å². The highest BCUT2D eigenvalue weighted by atomic mass is 19.1. The van der Waals surface area contributed by atoms with Crippen molar-refractivity contribution >= 4 is 0 Å².